The Labute approximate surface area is 165 Å². The van der Waals surface area contributed by atoms with Gasteiger partial charge in [0.2, 0.25) is 5.91 Å². The smallest absolute Gasteiger partial charge is 0.227 e. The SMILES string of the molecule is O=C(Cc1cccc2ccccc12)N(Cc1ccccc1)[C@@H]1CCS(=O)(=O)C1. The molecular weight excluding hydrogens is 370 g/mol. The van der Waals surface area contributed by atoms with Crippen LogP contribution in [0, 0.1) is 0 Å². The van der Waals surface area contributed by atoms with Gasteiger partial charge in [-0.2, -0.15) is 0 Å². The molecule has 28 heavy (non-hydrogen) atoms. The van der Waals surface area contributed by atoms with Crippen LogP contribution in [-0.4, -0.2) is 36.8 Å². The largest absolute Gasteiger partial charge is 0.334 e. The maximum Gasteiger partial charge on any atom is 0.227 e. The van der Waals surface area contributed by atoms with E-state index in [9.17, 15) is 13.2 Å². The molecule has 4 rings (SSSR count). The lowest BCUT2D eigenvalue weighted by Crippen LogP contribution is -2.41. The zero-order chi connectivity index (χ0) is 19.6. The first-order chi connectivity index (χ1) is 13.5. The molecule has 0 saturated carbocycles. The summed E-state index contributed by atoms with van der Waals surface area (Å²) in [4.78, 5) is 15.1. The van der Waals surface area contributed by atoms with Crippen molar-refractivity contribution in [1.82, 2.24) is 4.90 Å². The fourth-order valence-corrected chi connectivity index (χ4v) is 5.66. The average Bonchev–Trinajstić information content (AvgIpc) is 3.06. The third-order valence-corrected chi connectivity index (χ3v) is 7.14. The number of fused-ring (bicyclic) bond motifs is 1. The second-order valence-corrected chi connectivity index (χ2v) is 9.61. The van der Waals surface area contributed by atoms with Crippen molar-refractivity contribution in [3.63, 3.8) is 0 Å². The van der Waals surface area contributed by atoms with Gasteiger partial charge in [0.05, 0.1) is 17.9 Å². The van der Waals surface area contributed by atoms with E-state index in [4.69, 9.17) is 0 Å². The Morgan fingerprint density at radius 1 is 0.929 bits per heavy atom. The number of nitrogens with zero attached hydrogens (tertiary/aromatic N) is 1. The zero-order valence-corrected chi connectivity index (χ0v) is 16.4. The molecule has 0 radical (unpaired) electrons. The summed E-state index contributed by atoms with van der Waals surface area (Å²) in [5.41, 5.74) is 1.99. The van der Waals surface area contributed by atoms with Crippen molar-refractivity contribution in [1.29, 1.82) is 0 Å². The first-order valence-electron chi connectivity index (χ1n) is 9.52. The normalized spacial score (nSPS) is 18.2. The van der Waals surface area contributed by atoms with Crippen molar-refractivity contribution in [2.24, 2.45) is 0 Å². The van der Waals surface area contributed by atoms with Gasteiger partial charge < -0.3 is 4.90 Å². The summed E-state index contributed by atoms with van der Waals surface area (Å²) in [5, 5.41) is 2.17. The van der Waals surface area contributed by atoms with Gasteiger partial charge in [-0.1, -0.05) is 72.8 Å². The molecule has 1 fully saturated rings. The van der Waals surface area contributed by atoms with E-state index in [1.807, 2.05) is 72.8 Å². The van der Waals surface area contributed by atoms with Gasteiger partial charge in [-0.05, 0) is 28.3 Å². The van der Waals surface area contributed by atoms with Crippen LogP contribution in [-0.2, 0) is 27.6 Å². The second-order valence-electron chi connectivity index (χ2n) is 7.38. The molecule has 3 aromatic rings. The Balaban J connectivity index is 1.62. The van der Waals surface area contributed by atoms with Crippen LogP contribution >= 0.6 is 0 Å². The van der Waals surface area contributed by atoms with E-state index < -0.39 is 9.84 Å². The van der Waals surface area contributed by atoms with Gasteiger partial charge in [0.25, 0.3) is 0 Å². The van der Waals surface area contributed by atoms with Crippen LogP contribution in [0.4, 0.5) is 0 Å². The van der Waals surface area contributed by atoms with E-state index in [0.29, 0.717) is 13.0 Å². The fourth-order valence-electron chi connectivity index (χ4n) is 3.93. The van der Waals surface area contributed by atoms with Crippen LogP contribution < -0.4 is 0 Å². The molecule has 4 nitrogen and oxygen atoms in total. The van der Waals surface area contributed by atoms with Crippen molar-refractivity contribution in [3.8, 4) is 0 Å². The lowest BCUT2D eigenvalue weighted by Gasteiger charge is -2.29. The van der Waals surface area contributed by atoms with E-state index in [1.54, 1.807) is 4.90 Å². The Bertz CT molecular complexity index is 1090. The monoisotopic (exact) mass is 393 g/mol. The number of rotatable bonds is 5. The van der Waals surface area contributed by atoms with Gasteiger partial charge in [-0.25, -0.2) is 8.42 Å². The number of carbonyl (C=O) groups is 1. The average molecular weight is 394 g/mol. The molecule has 1 heterocycles. The van der Waals surface area contributed by atoms with E-state index in [0.717, 1.165) is 21.9 Å². The van der Waals surface area contributed by atoms with Crippen LogP contribution in [0.1, 0.15) is 17.5 Å². The molecule has 0 aromatic heterocycles. The number of sulfone groups is 1. The molecule has 0 bridgehead atoms. The Hall–Kier alpha value is -2.66. The maximum atomic E-state index is 13.3. The summed E-state index contributed by atoms with van der Waals surface area (Å²) in [7, 11) is -3.07. The van der Waals surface area contributed by atoms with Crippen LogP contribution in [0.3, 0.4) is 0 Å². The summed E-state index contributed by atoms with van der Waals surface area (Å²) < 4.78 is 24.0. The van der Waals surface area contributed by atoms with Gasteiger partial charge in [-0.15, -0.1) is 0 Å². The summed E-state index contributed by atoms with van der Waals surface area (Å²) in [6, 6.07) is 23.5. The first kappa shape index (κ1) is 18.7. The third-order valence-electron chi connectivity index (χ3n) is 5.39. The van der Waals surface area contributed by atoms with Crippen LogP contribution in [0.25, 0.3) is 10.8 Å². The highest BCUT2D eigenvalue weighted by molar-refractivity contribution is 7.91. The quantitative estimate of drug-likeness (QED) is 0.666. The van der Waals surface area contributed by atoms with E-state index >= 15 is 0 Å². The van der Waals surface area contributed by atoms with Crippen molar-refractivity contribution in [2.45, 2.75) is 25.4 Å². The van der Waals surface area contributed by atoms with Crippen molar-refractivity contribution >= 4 is 26.5 Å². The van der Waals surface area contributed by atoms with Gasteiger partial charge in [0.15, 0.2) is 9.84 Å². The van der Waals surface area contributed by atoms with Crippen molar-refractivity contribution < 1.29 is 13.2 Å². The molecule has 5 heteroatoms. The van der Waals surface area contributed by atoms with E-state index in [2.05, 4.69) is 0 Å². The fraction of sp³-hybridized carbons (Fsp3) is 0.261. The highest BCUT2D eigenvalue weighted by Gasteiger charge is 2.34. The van der Waals surface area contributed by atoms with Gasteiger partial charge in [-0.3, -0.25) is 4.79 Å². The molecule has 0 unspecified atom stereocenters. The van der Waals surface area contributed by atoms with Crippen LogP contribution in [0.2, 0.25) is 0 Å². The van der Waals surface area contributed by atoms with E-state index in [-0.39, 0.29) is 29.9 Å². The maximum absolute atomic E-state index is 13.3. The summed E-state index contributed by atoms with van der Waals surface area (Å²) in [6.07, 6.45) is 0.779. The van der Waals surface area contributed by atoms with Crippen LogP contribution in [0.5, 0.6) is 0 Å². The van der Waals surface area contributed by atoms with E-state index in [1.165, 1.54) is 0 Å². The molecule has 1 aliphatic rings. The molecule has 144 valence electrons. The lowest BCUT2D eigenvalue weighted by atomic mass is 10.0. The molecule has 1 saturated heterocycles. The topological polar surface area (TPSA) is 54.5 Å². The molecule has 0 N–H and O–H groups in total. The molecule has 3 aromatic carbocycles. The highest BCUT2D eigenvalue weighted by atomic mass is 32.2. The number of hydrogen-bond acceptors (Lipinski definition) is 3. The Morgan fingerprint density at radius 2 is 1.64 bits per heavy atom. The molecule has 0 aliphatic carbocycles. The van der Waals surface area contributed by atoms with Crippen molar-refractivity contribution in [3.05, 3.63) is 83.9 Å². The number of hydrogen-bond donors (Lipinski definition) is 0. The predicted molar refractivity (Wildman–Crippen MR) is 112 cm³/mol. The number of carbonyl (C=O) groups excluding carboxylic acids is 1. The predicted octanol–water partition coefficient (Wildman–Crippen LogP) is 3.60. The third kappa shape index (κ3) is 4.09. The molecule has 0 spiro atoms. The highest BCUT2D eigenvalue weighted by Crippen LogP contribution is 2.24. The molecular formula is C23H23NO3S. The van der Waals surface area contributed by atoms with Gasteiger partial charge >= 0.3 is 0 Å². The van der Waals surface area contributed by atoms with Gasteiger partial charge in [0, 0.05) is 12.6 Å². The standard InChI is InChI=1S/C23H23NO3S/c25-23(15-20-11-6-10-19-9-4-5-12-22(19)20)24(16-18-7-2-1-3-8-18)21-13-14-28(26,27)17-21/h1-12,21H,13-17H2/t21-/m1/s1. The van der Waals surface area contributed by atoms with Gasteiger partial charge in [0.1, 0.15) is 0 Å². The minimum atomic E-state index is -3.07. The van der Waals surface area contributed by atoms with Crippen LogP contribution in [0.15, 0.2) is 72.8 Å². The number of benzene rings is 3. The summed E-state index contributed by atoms with van der Waals surface area (Å²) in [5.74, 6) is 0.188. The number of amides is 1. The second kappa shape index (κ2) is 7.76. The summed E-state index contributed by atoms with van der Waals surface area (Å²) >= 11 is 0. The lowest BCUT2D eigenvalue weighted by molar-refractivity contribution is -0.133. The molecule has 1 amide bonds. The minimum Gasteiger partial charge on any atom is -0.334 e. The summed E-state index contributed by atoms with van der Waals surface area (Å²) in [6.45, 7) is 0.435. The first-order valence-corrected chi connectivity index (χ1v) is 11.3. The molecule has 1 aliphatic heterocycles. The Morgan fingerprint density at radius 3 is 2.39 bits per heavy atom. The molecule has 1 atom stereocenters. The Kier molecular flexibility index (Phi) is 5.18. The minimum absolute atomic E-state index is 0.0256. The van der Waals surface area contributed by atoms with Crippen molar-refractivity contribution in [2.75, 3.05) is 11.5 Å². The zero-order valence-electron chi connectivity index (χ0n) is 15.6.